The zero-order valence-electron chi connectivity index (χ0n) is 34.6. The Balaban J connectivity index is 1.67. The highest BCUT2D eigenvalue weighted by Gasteiger charge is 2.34. The first-order valence-corrected chi connectivity index (χ1v) is 19.9. The van der Waals surface area contributed by atoms with E-state index in [-0.39, 0.29) is 30.8 Å². The van der Waals surface area contributed by atoms with E-state index in [1.54, 1.807) is 30.5 Å². The lowest BCUT2D eigenvalue weighted by Gasteiger charge is -2.27. The molecule has 23 nitrogen and oxygen atoms in total. The van der Waals surface area contributed by atoms with Crippen molar-refractivity contribution in [2.45, 2.75) is 68.4 Å². The van der Waals surface area contributed by atoms with E-state index in [4.69, 9.17) is 17.2 Å². The van der Waals surface area contributed by atoms with Gasteiger partial charge in [-0.2, -0.15) is 0 Å². The van der Waals surface area contributed by atoms with Crippen molar-refractivity contribution in [2.24, 2.45) is 17.2 Å². The summed E-state index contributed by atoms with van der Waals surface area (Å²) >= 11 is 0. The second-order valence-electron chi connectivity index (χ2n) is 14.9. The van der Waals surface area contributed by atoms with Gasteiger partial charge in [-0.1, -0.05) is 42.5 Å². The predicted octanol–water partition coefficient (Wildman–Crippen LogP) is -3.70. The largest absolute Gasteiger partial charge is 0.508 e. The molecule has 0 aliphatic carbocycles. The molecule has 1 aromatic heterocycles. The van der Waals surface area contributed by atoms with E-state index in [1.165, 1.54) is 48.5 Å². The summed E-state index contributed by atoms with van der Waals surface area (Å²) in [5, 5.41) is 53.2. The number of carbonyl (C=O) groups is 9. The molecule has 0 saturated carbocycles. The average Bonchev–Trinajstić information content (AvgIpc) is 3.67. The van der Waals surface area contributed by atoms with Gasteiger partial charge in [0.05, 0.1) is 19.4 Å². The number of aromatic amines is 1. The number of hydrogen-bond acceptors (Lipinski definition) is 13. The molecule has 4 aromatic rings. The zero-order chi connectivity index (χ0) is 47.8. The Bertz CT molecular complexity index is 2370. The van der Waals surface area contributed by atoms with E-state index in [1.807, 2.05) is 0 Å². The van der Waals surface area contributed by atoms with Crippen LogP contribution in [0.25, 0.3) is 10.9 Å². The summed E-state index contributed by atoms with van der Waals surface area (Å²) < 4.78 is 0. The number of aliphatic hydroxyl groups is 1. The predicted molar refractivity (Wildman–Crippen MR) is 229 cm³/mol. The minimum absolute atomic E-state index is 0.112. The molecule has 0 fully saturated rings. The Morgan fingerprint density at radius 2 is 0.969 bits per heavy atom. The number of carbonyl (C=O) groups excluding carboxylic acids is 8. The molecular formula is C42H50N10O13. The van der Waals surface area contributed by atoms with Crippen molar-refractivity contribution in [3.63, 3.8) is 0 Å². The van der Waals surface area contributed by atoms with Gasteiger partial charge in [0.2, 0.25) is 47.3 Å². The van der Waals surface area contributed by atoms with Crippen molar-refractivity contribution >= 4 is 64.1 Å². The lowest BCUT2D eigenvalue weighted by molar-refractivity contribution is -0.138. The van der Waals surface area contributed by atoms with Crippen LogP contribution in [-0.2, 0) is 62.4 Å². The topological polar surface area (TPSA) is 401 Å². The summed E-state index contributed by atoms with van der Waals surface area (Å²) in [5.41, 5.74) is 18.2. The second kappa shape index (κ2) is 23.4. The molecule has 1 heterocycles. The molecule has 0 spiro atoms. The fourth-order valence-electron chi connectivity index (χ4n) is 6.44. The number of fused-ring (bicyclic) bond motifs is 1. The van der Waals surface area contributed by atoms with Gasteiger partial charge in [-0.25, -0.2) is 0 Å². The fourth-order valence-corrected chi connectivity index (χ4v) is 6.44. The second-order valence-corrected chi connectivity index (χ2v) is 14.9. The lowest BCUT2D eigenvalue weighted by Crippen LogP contribution is -2.61. The molecule has 346 valence electrons. The zero-order valence-corrected chi connectivity index (χ0v) is 34.6. The number of aliphatic carboxylic acids is 1. The van der Waals surface area contributed by atoms with Gasteiger partial charge >= 0.3 is 5.97 Å². The maximum atomic E-state index is 14.4. The number of nitrogens with two attached hydrogens (primary N) is 3. The Hall–Kier alpha value is -8.05. The van der Waals surface area contributed by atoms with Crippen LogP contribution in [0.4, 0.5) is 0 Å². The van der Waals surface area contributed by atoms with Crippen LogP contribution in [0.5, 0.6) is 11.5 Å². The number of rotatable bonds is 24. The van der Waals surface area contributed by atoms with Gasteiger partial charge in [0.15, 0.2) is 0 Å². The van der Waals surface area contributed by atoms with E-state index < -0.39 is 115 Å². The van der Waals surface area contributed by atoms with Gasteiger partial charge in [0.25, 0.3) is 0 Å². The molecule has 0 aliphatic heterocycles. The Kier molecular flexibility index (Phi) is 17.9. The number of benzene rings is 3. The van der Waals surface area contributed by atoms with Crippen molar-refractivity contribution in [1.82, 2.24) is 36.9 Å². The van der Waals surface area contributed by atoms with Crippen LogP contribution in [0.15, 0.2) is 79.0 Å². The molecule has 0 unspecified atom stereocenters. The van der Waals surface area contributed by atoms with Gasteiger partial charge in [-0.3, -0.25) is 43.2 Å². The average molecular weight is 903 g/mol. The molecule has 8 amide bonds. The van der Waals surface area contributed by atoms with Gasteiger partial charge < -0.3 is 74.5 Å². The quantitative estimate of drug-likeness (QED) is 0.0322. The monoisotopic (exact) mass is 902 g/mol. The van der Waals surface area contributed by atoms with Crippen molar-refractivity contribution in [1.29, 1.82) is 0 Å². The van der Waals surface area contributed by atoms with Crippen LogP contribution in [0.2, 0.25) is 0 Å². The van der Waals surface area contributed by atoms with Crippen LogP contribution in [0, 0.1) is 0 Å². The number of aromatic nitrogens is 1. The molecule has 6 atom stereocenters. The van der Waals surface area contributed by atoms with E-state index in [9.17, 15) is 63.6 Å². The summed E-state index contributed by atoms with van der Waals surface area (Å²) in [5.74, 6) is -10.0. The number of aromatic hydroxyl groups is 2. The number of hydrogen-bond donors (Lipinski definition) is 14. The summed E-state index contributed by atoms with van der Waals surface area (Å²) in [6, 6.07) is 8.45. The minimum atomic E-state index is -1.85. The smallest absolute Gasteiger partial charge is 0.322 e. The van der Waals surface area contributed by atoms with Crippen molar-refractivity contribution in [2.75, 3.05) is 13.2 Å². The number of phenolic OH excluding ortho intramolecular Hbond substituents is 2. The number of carboxylic acid groups (broad SMARTS) is 1. The maximum absolute atomic E-state index is 14.4. The van der Waals surface area contributed by atoms with Crippen LogP contribution < -0.4 is 49.1 Å². The van der Waals surface area contributed by atoms with E-state index >= 15 is 0 Å². The van der Waals surface area contributed by atoms with Gasteiger partial charge in [-0.15, -0.1) is 0 Å². The number of phenols is 2. The molecule has 4 rings (SSSR count). The highest BCUT2D eigenvalue weighted by atomic mass is 16.4. The number of primary amides is 2. The first-order chi connectivity index (χ1) is 30.8. The number of H-pyrrole nitrogens is 1. The summed E-state index contributed by atoms with van der Waals surface area (Å²) in [7, 11) is 0. The van der Waals surface area contributed by atoms with Crippen molar-refractivity contribution in [3.8, 4) is 11.5 Å². The number of amides is 8. The molecule has 65 heavy (non-hydrogen) atoms. The van der Waals surface area contributed by atoms with Crippen LogP contribution in [0.3, 0.4) is 0 Å². The third kappa shape index (κ3) is 15.4. The third-order valence-electron chi connectivity index (χ3n) is 9.77. The highest BCUT2D eigenvalue weighted by molar-refractivity contribution is 5.99. The van der Waals surface area contributed by atoms with E-state index in [0.717, 1.165) is 5.52 Å². The summed E-state index contributed by atoms with van der Waals surface area (Å²) in [4.78, 5) is 120. The molecule has 17 N–H and O–H groups in total. The molecule has 0 aliphatic rings. The van der Waals surface area contributed by atoms with Gasteiger partial charge in [0, 0.05) is 36.4 Å². The van der Waals surface area contributed by atoms with Gasteiger partial charge in [0.1, 0.15) is 54.3 Å². The molecule has 0 saturated heterocycles. The third-order valence-corrected chi connectivity index (χ3v) is 9.77. The number of carboxylic acids is 1. The Morgan fingerprint density at radius 3 is 1.42 bits per heavy atom. The van der Waals surface area contributed by atoms with Crippen LogP contribution >= 0.6 is 0 Å². The van der Waals surface area contributed by atoms with Crippen LogP contribution in [0.1, 0.15) is 29.5 Å². The van der Waals surface area contributed by atoms with Gasteiger partial charge in [-0.05, 0) is 47.0 Å². The summed E-state index contributed by atoms with van der Waals surface area (Å²) in [6.07, 6.45) is -0.779. The van der Waals surface area contributed by atoms with E-state index in [2.05, 4.69) is 36.9 Å². The number of nitrogens with one attached hydrogen (secondary N) is 7. The first kappa shape index (κ1) is 49.6. The number of aliphatic hydroxyl groups excluding tert-OH is 1. The first-order valence-electron chi connectivity index (χ1n) is 19.9. The fraction of sp³-hybridized carbons (Fsp3) is 0.310. The number of para-hydroxylation sites is 1. The van der Waals surface area contributed by atoms with Crippen LogP contribution in [-0.4, -0.2) is 128 Å². The SMILES string of the molecule is NC(=O)C[C@H](NC(=O)[C@H](CC(N)=O)NC(=O)[C@@H](N)CO)C(=O)N[C@@H](Cc1ccc(O)cc1)C(=O)N[C@@H](Cc1ccc(O)cc1)C(=O)N[C@@H](Cc1c[nH]c2ccccc12)C(=O)NCC(=O)O. The highest BCUT2D eigenvalue weighted by Crippen LogP contribution is 2.20. The standard InChI is InChI=1S/C42H50N10O13/c43-27(20-53)37(60)48-32(16-34(44)56)41(64)52-33(17-35(45)57)42(65)50-29(13-21-5-9-24(54)10-6-21)39(62)49-30(14-22-7-11-25(55)12-8-22)40(63)51-31(38(61)47-19-36(58)59)15-23-18-46-28-4-2-1-3-26(23)28/h1-12,18,27,29-33,46,53-55H,13-17,19-20,43H2,(H2,44,56)(H2,45,57)(H,47,61)(H,48,60)(H,49,62)(H,50,65)(H,51,63)(H,52,64)(H,58,59)/t27-,29-,30-,31-,32-,33-/m0/s1. The Morgan fingerprint density at radius 1 is 0.554 bits per heavy atom. The molecule has 0 bridgehead atoms. The molecule has 0 radical (unpaired) electrons. The van der Waals surface area contributed by atoms with Crippen molar-refractivity contribution < 1.29 is 63.6 Å². The molecule has 3 aromatic carbocycles. The summed E-state index contributed by atoms with van der Waals surface area (Å²) in [6.45, 7) is -1.61. The van der Waals surface area contributed by atoms with Crippen molar-refractivity contribution in [3.05, 3.63) is 95.7 Å². The van der Waals surface area contributed by atoms with E-state index in [0.29, 0.717) is 22.1 Å². The lowest BCUT2D eigenvalue weighted by atomic mass is 10.0. The Labute approximate surface area is 369 Å². The maximum Gasteiger partial charge on any atom is 0.322 e. The molecular weight excluding hydrogens is 853 g/mol. The minimum Gasteiger partial charge on any atom is -0.508 e. The normalized spacial score (nSPS) is 13.7. The molecule has 23 heteroatoms.